The maximum absolute atomic E-state index is 12.9. The predicted molar refractivity (Wildman–Crippen MR) is 76.3 cm³/mol. The first kappa shape index (κ1) is 16.4. The van der Waals surface area contributed by atoms with Crippen LogP contribution in [0.3, 0.4) is 0 Å². The Hall–Kier alpha value is -1.69. The van der Waals surface area contributed by atoms with Crippen LogP contribution in [-0.4, -0.2) is 38.5 Å². The van der Waals surface area contributed by atoms with Crippen LogP contribution in [0.1, 0.15) is 23.7 Å². The van der Waals surface area contributed by atoms with Crippen LogP contribution < -0.4 is 16.0 Å². The first-order chi connectivity index (χ1) is 9.39. The van der Waals surface area contributed by atoms with Crippen molar-refractivity contribution in [1.29, 1.82) is 0 Å². The quantitative estimate of drug-likeness (QED) is 0.804. The number of nitrogens with zero attached hydrogens (tertiary/aromatic N) is 1. The molecule has 0 spiro atoms. The summed E-state index contributed by atoms with van der Waals surface area (Å²) in [5.41, 5.74) is 6.24. The lowest BCUT2D eigenvalue weighted by molar-refractivity contribution is 0.0118. The molecule has 0 unspecified atom stereocenters. The van der Waals surface area contributed by atoms with Gasteiger partial charge < -0.3 is 16.0 Å². The molecule has 0 atom stereocenters. The van der Waals surface area contributed by atoms with Crippen molar-refractivity contribution in [3.05, 3.63) is 29.8 Å². The summed E-state index contributed by atoms with van der Waals surface area (Å²) < 4.78 is 25.9. The van der Waals surface area contributed by atoms with E-state index < -0.39 is 24.9 Å². The van der Waals surface area contributed by atoms with Gasteiger partial charge in [-0.25, -0.2) is 8.78 Å². The van der Waals surface area contributed by atoms with Gasteiger partial charge >= 0.3 is 0 Å². The van der Waals surface area contributed by atoms with Gasteiger partial charge in [-0.2, -0.15) is 0 Å². The molecule has 0 bridgehead atoms. The minimum absolute atomic E-state index is 0.353. The monoisotopic (exact) mass is 285 g/mol. The van der Waals surface area contributed by atoms with Crippen molar-refractivity contribution in [2.45, 2.75) is 19.3 Å². The number of nitrogens with one attached hydrogen (secondary N) is 1. The largest absolute Gasteiger partial charge is 0.375 e. The highest BCUT2D eigenvalue weighted by molar-refractivity contribution is 5.94. The van der Waals surface area contributed by atoms with E-state index in [1.165, 1.54) is 0 Å². The molecule has 0 heterocycles. The molecule has 1 amide bonds. The van der Waals surface area contributed by atoms with Crippen molar-refractivity contribution in [2.75, 3.05) is 31.6 Å². The van der Waals surface area contributed by atoms with Gasteiger partial charge in [0.05, 0.1) is 13.1 Å². The number of amides is 1. The van der Waals surface area contributed by atoms with Crippen molar-refractivity contribution in [2.24, 2.45) is 5.73 Å². The Morgan fingerprint density at radius 2 is 1.95 bits per heavy atom. The normalized spacial score (nSPS) is 11.2. The smallest absolute Gasteiger partial charge is 0.277 e. The summed E-state index contributed by atoms with van der Waals surface area (Å²) in [7, 11) is 1.96. The zero-order valence-electron chi connectivity index (χ0n) is 11.8. The highest BCUT2D eigenvalue weighted by Gasteiger charge is 2.27. The zero-order valence-corrected chi connectivity index (χ0v) is 11.8. The van der Waals surface area contributed by atoms with Gasteiger partial charge in [0.2, 0.25) is 0 Å². The lowest BCUT2D eigenvalue weighted by atomic mass is 10.1. The second-order valence-electron chi connectivity index (χ2n) is 4.71. The van der Waals surface area contributed by atoms with E-state index in [0.29, 0.717) is 5.56 Å². The van der Waals surface area contributed by atoms with Crippen molar-refractivity contribution in [3.8, 4) is 0 Å². The number of alkyl halides is 2. The van der Waals surface area contributed by atoms with Crippen LogP contribution in [-0.2, 0) is 0 Å². The third-order valence-electron chi connectivity index (χ3n) is 2.94. The van der Waals surface area contributed by atoms with Gasteiger partial charge in [-0.15, -0.1) is 0 Å². The number of hydrogen-bond acceptors (Lipinski definition) is 3. The van der Waals surface area contributed by atoms with E-state index in [2.05, 4.69) is 17.1 Å². The summed E-state index contributed by atoms with van der Waals surface area (Å²) in [4.78, 5) is 13.8. The number of carbonyl (C=O) groups is 1. The molecule has 4 nitrogen and oxygen atoms in total. The molecule has 0 aliphatic rings. The Kier molecular flexibility index (Phi) is 5.88. The SMILES string of the molecule is CCCN(C)c1ccc(C(=O)NCC(F)(F)CN)cc1. The van der Waals surface area contributed by atoms with Gasteiger partial charge in [0, 0.05) is 24.8 Å². The lowest BCUT2D eigenvalue weighted by Crippen LogP contribution is -2.41. The van der Waals surface area contributed by atoms with Gasteiger partial charge in [-0.1, -0.05) is 6.92 Å². The molecule has 0 aliphatic heterocycles. The molecule has 0 radical (unpaired) electrons. The van der Waals surface area contributed by atoms with E-state index in [-0.39, 0.29) is 0 Å². The fourth-order valence-electron chi connectivity index (χ4n) is 1.72. The summed E-state index contributed by atoms with van der Waals surface area (Å²) in [6.07, 6.45) is 1.02. The minimum atomic E-state index is -3.07. The lowest BCUT2D eigenvalue weighted by Gasteiger charge is -2.18. The third-order valence-corrected chi connectivity index (χ3v) is 2.94. The number of hydrogen-bond donors (Lipinski definition) is 2. The number of benzene rings is 1. The van der Waals surface area contributed by atoms with Gasteiger partial charge in [0.25, 0.3) is 11.8 Å². The molecule has 1 aromatic rings. The molecule has 3 N–H and O–H groups in total. The van der Waals surface area contributed by atoms with Crippen LogP contribution in [0.25, 0.3) is 0 Å². The van der Waals surface area contributed by atoms with Crippen LogP contribution in [0, 0.1) is 0 Å². The average Bonchev–Trinajstić information content (AvgIpc) is 2.45. The summed E-state index contributed by atoms with van der Waals surface area (Å²) in [6.45, 7) is 1.46. The molecule has 6 heteroatoms. The van der Waals surface area contributed by atoms with Crippen LogP contribution >= 0.6 is 0 Å². The van der Waals surface area contributed by atoms with Gasteiger partial charge in [0.15, 0.2) is 0 Å². The van der Waals surface area contributed by atoms with E-state index in [9.17, 15) is 13.6 Å². The molecule has 1 aromatic carbocycles. The molecule has 20 heavy (non-hydrogen) atoms. The van der Waals surface area contributed by atoms with Gasteiger partial charge in [0.1, 0.15) is 0 Å². The van der Waals surface area contributed by atoms with Crippen LogP contribution in [0.5, 0.6) is 0 Å². The van der Waals surface area contributed by atoms with Crippen molar-refractivity contribution < 1.29 is 13.6 Å². The third kappa shape index (κ3) is 4.77. The number of rotatable bonds is 7. The highest BCUT2D eigenvalue weighted by Crippen LogP contribution is 2.14. The van der Waals surface area contributed by atoms with Gasteiger partial charge in [-0.05, 0) is 30.7 Å². The maximum Gasteiger partial charge on any atom is 0.277 e. The number of anilines is 1. The van der Waals surface area contributed by atoms with Crippen LogP contribution in [0.4, 0.5) is 14.5 Å². The standard InChI is InChI=1S/C14H21F2N3O/c1-3-8-19(2)12-6-4-11(5-7-12)13(20)18-10-14(15,16)9-17/h4-7H,3,8-10,17H2,1-2H3,(H,18,20). The van der Waals surface area contributed by atoms with E-state index in [0.717, 1.165) is 18.7 Å². The minimum Gasteiger partial charge on any atom is -0.375 e. The summed E-state index contributed by atoms with van der Waals surface area (Å²) in [6, 6.07) is 6.84. The second-order valence-corrected chi connectivity index (χ2v) is 4.71. The topological polar surface area (TPSA) is 58.4 Å². The molecule has 0 fully saturated rings. The fourth-order valence-corrected chi connectivity index (χ4v) is 1.72. The first-order valence-electron chi connectivity index (χ1n) is 6.57. The number of nitrogens with two attached hydrogens (primary N) is 1. The van der Waals surface area contributed by atoms with E-state index >= 15 is 0 Å². The molecule has 0 saturated carbocycles. The van der Waals surface area contributed by atoms with Crippen LogP contribution in [0.2, 0.25) is 0 Å². The van der Waals surface area contributed by atoms with Crippen molar-refractivity contribution in [1.82, 2.24) is 5.32 Å². The molecule has 0 aliphatic carbocycles. The molecular weight excluding hydrogens is 264 g/mol. The van der Waals surface area contributed by atoms with E-state index in [1.807, 2.05) is 7.05 Å². The molecule has 112 valence electrons. The summed E-state index contributed by atoms with van der Waals surface area (Å²) in [5, 5.41) is 2.18. The Morgan fingerprint density at radius 1 is 1.35 bits per heavy atom. The van der Waals surface area contributed by atoms with Crippen molar-refractivity contribution >= 4 is 11.6 Å². The fraction of sp³-hybridized carbons (Fsp3) is 0.500. The Morgan fingerprint density at radius 3 is 2.45 bits per heavy atom. The highest BCUT2D eigenvalue weighted by atomic mass is 19.3. The Bertz CT molecular complexity index is 435. The van der Waals surface area contributed by atoms with Crippen LogP contribution in [0.15, 0.2) is 24.3 Å². The molecule has 1 rings (SSSR count). The molecule has 0 aromatic heterocycles. The second kappa shape index (κ2) is 7.19. The molecule has 0 saturated heterocycles. The zero-order chi connectivity index (χ0) is 15.2. The van der Waals surface area contributed by atoms with E-state index in [1.54, 1.807) is 24.3 Å². The predicted octanol–water partition coefficient (Wildman–Crippen LogP) is 1.86. The summed E-state index contributed by atoms with van der Waals surface area (Å²) >= 11 is 0. The summed E-state index contributed by atoms with van der Waals surface area (Å²) in [5.74, 6) is -3.60. The maximum atomic E-state index is 12.9. The van der Waals surface area contributed by atoms with Crippen molar-refractivity contribution in [3.63, 3.8) is 0 Å². The first-order valence-corrected chi connectivity index (χ1v) is 6.57. The number of halogens is 2. The Labute approximate surface area is 117 Å². The number of carbonyl (C=O) groups excluding carboxylic acids is 1. The van der Waals surface area contributed by atoms with Gasteiger partial charge in [-0.3, -0.25) is 4.79 Å². The average molecular weight is 285 g/mol. The Balaban J connectivity index is 2.62. The molecular formula is C14H21F2N3O. The van der Waals surface area contributed by atoms with E-state index in [4.69, 9.17) is 5.73 Å².